The van der Waals surface area contributed by atoms with Gasteiger partial charge in [-0.25, -0.2) is 4.98 Å². The fraction of sp³-hybridized carbons (Fsp3) is 0.312. The van der Waals surface area contributed by atoms with Crippen molar-refractivity contribution in [2.45, 2.75) is 26.3 Å². The molecule has 1 aromatic heterocycles. The van der Waals surface area contributed by atoms with Crippen molar-refractivity contribution < 1.29 is 9.59 Å². The van der Waals surface area contributed by atoms with Gasteiger partial charge in [0.25, 0.3) is 11.8 Å². The average molecular weight is 317 g/mol. The van der Waals surface area contributed by atoms with E-state index < -0.39 is 0 Å². The van der Waals surface area contributed by atoms with Crippen molar-refractivity contribution in [2.75, 3.05) is 6.54 Å². The Labute approximate surface area is 133 Å². The van der Waals surface area contributed by atoms with Gasteiger partial charge in [-0.1, -0.05) is 13.0 Å². The molecular weight excluding hydrogens is 298 g/mol. The zero-order valence-corrected chi connectivity index (χ0v) is 13.4. The molecule has 22 heavy (non-hydrogen) atoms. The Bertz CT molecular complexity index is 641. The van der Waals surface area contributed by atoms with Gasteiger partial charge in [-0.3, -0.25) is 9.59 Å². The first-order chi connectivity index (χ1) is 10.6. The molecule has 0 radical (unpaired) electrons. The number of nitrogens with one attached hydrogen (secondary N) is 2. The molecule has 0 bridgehead atoms. The Morgan fingerprint density at radius 2 is 2.00 bits per heavy atom. The van der Waals surface area contributed by atoms with E-state index in [1.54, 1.807) is 30.5 Å². The van der Waals surface area contributed by atoms with Crippen molar-refractivity contribution in [2.24, 2.45) is 0 Å². The number of nitrogens with zero attached hydrogens (tertiary/aromatic N) is 1. The van der Waals surface area contributed by atoms with Crippen LogP contribution in [0, 0.1) is 0 Å². The molecule has 0 unspecified atom stereocenters. The minimum Gasteiger partial charge on any atom is -0.352 e. The second kappa shape index (κ2) is 7.70. The Balaban J connectivity index is 2.05. The highest BCUT2D eigenvalue weighted by Gasteiger charge is 2.14. The van der Waals surface area contributed by atoms with Crippen LogP contribution in [0.25, 0.3) is 0 Å². The van der Waals surface area contributed by atoms with Crippen LogP contribution in [0.15, 0.2) is 35.8 Å². The molecule has 0 aliphatic carbocycles. The maximum atomic E-state index is 12.3. The van der Waals surface area contributed by atoms with Crippen LogP contribution in [0.2, 0.25) is 0 Å². The van der Waals surface area contributed by atoms with Gasteiger partial charge in [-0.05, 0) is 31.5 Å². The lowest BCUT2D eigenvalue weighted by molar-refractivity contribution is 0.0940. The zero-order valence-electron chi connectivity index (χ0n) is 12.6. The molecule has 116 valence electrons. The van der Waals surface area contributed by atoms with Gasteiger partial charge in [0.05, 0.1) is 6.04 Å². The zero-order chi connectivity index (χ0) is 15.9. The fourth-order valence-corrected chi connectivity index (χ4v) is 2.58. The highest BCUT2D eigenvalue weighted by atomic mass is 32.1. The highest BCUT2D eigenvalue weighted by molar-refractivity contribution is 7.09. The van der Waals surface area contributed by atoms with Gasteiger partial charge in [0.2, 0.25) is 0 Å². The number of hydrogen-bond donors (Lipinski definition) is 2. The molecule has 1 atom stereocenters. The minimum atomic E-state index is -0.215. The van der Waals surface area contributed by atoms with Crippen LogP contribution in [0.1, 0.15) is 52.0 Å². The van der Waals surface area contributed by atoms with Crippen LogP contribution < -0.4 is 10.6 Å². The molecule has 0 fully saturated rings. The smallest absolute Gasteiger partial charge is 0.251 e. The summed E-state index contributed by atoms with van der Waals surface area (Å²) < 4.78 is 0. The number of thiazole rings is 1. The topological polar surface area (TPSA) is 71.1 Å². The summed E-state index contributed by atoms with van der Waals surface area (Å²) in [6.45, 7) is 4.50. The molecule has 0 saturated carbocycles. The van der Waals surface area contributed by atoms with E-state index in [1.165, 1.54) is 11.3 Å². The van der Waals surface area contributed by atoms with Crippen LogP contribution in [0.5, 0.6) is 0 Å². The van der Waals surface area contributed by atoms with E-state index >= 15 is 0 Å². The molecule has 5 nitrogen and oxygen atoms in total. The van der Waals surface area contributed by atoms with Crippen molar-refractivity contribution in [1.82, 2.24) is 15.6 Å². The summed E-state index contributed by atoms with van der Waals surface area (Å²) in [5.74, 6) is -0.377. The summed E-state index contributed by atoms with van der Waals surface area (Å²) in [6.07, 6.45) is 2.58. The molecule has 0 aliphatic rings. The van der Waals surface area contributed by atoms with Crippen LogP contribution in [-0.2, 0) is 0 Å². The molecule has 2 amide bonds. The predicted molar refractivity (Wildman–Crippen MR) is 87.1 cm³/mol. The molecular formula is C16H19N3O2S. The van der Waals surface area contributed by atoms with Gasteiger partial charge in [0.15, 0.2) is 0 Å². The largest absolute Gasteiger partial charge is 0.352 e. The van der Waals surface area contributed by atoms with Crippen LogP contribution in [0.4, 0.5) is 0 Å². The molecule has 2 aromatic rings. The first kappa shape index (κ1) is 16.2. The van der Waals surface area contributed by atoms with E-state index in [0.29, 0.717) is 17.7 Å². The van der Waals surface area contributed by atoms with Gasteiger partial charge in [0.1, 0.15) is 5.01 Å². The van der Waals surface area contributed by atoms with E-state index in [4.69, 9.17) is 0 Å². The third-order valence-electron chi connectivity index (χ3n) is 3.09. The predicted octanol–water partition coefficient (Wildman–Crippen LogP) is 2.77. The Kier molecular flexibility index (Phi) is 5.66. The number of benzene rings is 1. The lowest BCUT2D eigenvalue weighted by Gasteiger charge is -2.12. The van der Waals surface area contributed by atoms with Crippen molar-refractivity contribution in [3.63, 3.8) is 0 Å². The summed E-state index contributed by atoms with van der Waals surface area (Å²) in [5, 5.41) is 8.41. The maximum Gasteiger partial charge on any atom is 0.251 e. The van der Waals surface area contributed by atoms with E-state index in [9.17, 15) is 9.59 Å². The summed E-state index contributed by atoms with van der Waals surface area (Å²) in [4.78, 5) is 28.4. The second-order valence-corrected chi connectivity index (χ2v) is 5.83. The summed E-state index contributed by atoms with van der Waals surface area (Å²) >= 11 is 1.50. The van der Waals surface area contributed by atoms with Gasteiger partial charge in [-0.15, -0.1) is 11.3 Å². The van der Waals surface area contributed by atoms with Crippen LogP contribution >= 0.6 is 11.3 Å². The third-order valence-corrected chi connectivity index (χ3v) is 4.05. The Hall–Kier alpha value is -2.21. The summed E-state index contributed by atoms with van der Waals surface area (Å²) in [5.41, 5.74) is 0.954. The van der Waals surface area contributed by atoms with Crippen LogP contribution in [0.3, 0.4) is 0 Å². The second-order valence-electron chi connectivity index (χ2n) is 4.90. The standard InChI is InChI=1S/C16H19N3O2S/c1-3-7-17-14(20)12-5-4-6-13(10-12)15(21)19-11(2)16-18-8-9-22-16/h4-6,8-11H,3,7H2,1-2H3,(H,17,20)(H,19,21)/t11-/m1/s1. The molecule has 6 heteroatoms. The molecule has 1 aromatic carbocycles. The number of hydrogen-bond acceptors (Lipinski definition) is 4. The first-order valence-electron chi connectivity index (χ1n) is 7.20. The van der Waals surface area contributed by atoms with Crippen LogP contribution in [-0.4, -0.2) is 23.3 Å². The SMILES string of the molecule is CCCNC(=O)c1cccc(C(=O)N[C@H](C)c2nccs2)c1. The lowest BCUT2D eigenvalue weighted by atomic mass is 10.1. The van der Waals surface area contributed by atoms with Gasteiger partial charge >= 0.3 is 0 Å². The van der Waals surface area contributed by atoms with Crippen molar-refractivity contribution in [3.05, 3.63) is 52.0 Å². The quantitative estimate of drug-likeness (QED) is 0.860. The number of carbonyl (C=O) groups is 2. The van der Waals surface area contributed by atoms with Gasteiger partial charge < -0.3 is 10.6 Å². The lowest BCUT2D eigenvalue weighted by Crippen LogP contribution is -2.27. The van der Waals surface area contributed by atoms with Gasteiger partial charge in [0, 0.05) is 29.2 Å². The fourth-order valence-electron chi connectivity index (χ4n) is 1.93. The monoisotopic (exact) mass is 317 g/mol. The summed E-state index contributed by atoms with van der Waals surface area (Å²) in [6, 6.07) is 6.55. The molecule has 2 N–H and O–H groups in total. The Morgan fingerprint density at radius 3 is 2.64 bits per heavy atom. The van der Waals surface area contributed by atoms with E-state index in [2.05, 4.69) is 15.6 Å². The summed E-state index contributed by atoms with van der Waals surface area (Å²) in [7, 11) is 0. The number of carbonyl (C=O) groups excluding carboxylic acids is 2. The molecule has 1 heterocycles. The highest BCUT2D eigenvalue weighted by Crippen LogP contribution is 2.15. The van der Waals surface area contributed by atoms with E-state index in [-0.39, 0.29) is 17.9 Å². The molecule has 0 aliphatic heterocycles. The molecule has 2 rings (SSSR count). The molecule has 0 saturated heterocycles. The number of amides is 2. The first-order valence-corrected chi connectivity index (χ1v) is 8.08. The van der Waals surface area contributed by atoms with E-state index in [0.717, 1.165) is 11.4 Å². The van der Waals surface area contributed by atoms with E-state index in [1.807, 2.05) is 19.2 Å². The minimum absolute atomic E-state index is 0.162. The maximum absolute atomic E-state index is 12.3. The van der Waals surface area contributed by atoms with Gasteiger partial charge in [-0.2, -0.15) is 0 Å². The van der Waals surface area contributed by atoms with Crippen molar-refractivity contribution in [1.29, 1.82) is 0 Å². The van der Waals surface area contributed by atoms with Crippen molar-refractivity contribution in [3.8, 4) is 0 Å². The molecule has 0 spiro atoms. The third kappa shape index (κ3) is 4.14. The normalized spacial score (nSPS) is 11.7. The average Bonchev–Trinajstić information content (AvgIpc) is 3.07. The number of aromatic nitrogens is 1. The van der Waals surface area contributed by atoms with Crippen molar-refractivity contribution >= 4 is 23.2 Å². The Morgan fingerprint density at radius 1 is 1.27 bits per heavy atom. The number of rotatable bonds is 6.